The summed E-state index contributed by atoms with van der Waals surface area (Å²) in [6.07, 6.45) is 0.991. The van der Waals surface area contributed by atoms with Crippen LogP contribution in [0, 0.1) is 5.41 Å². The van der Waals surface area contributed by atoms with Crippen molar-refractivity contribution < 1.29 is 9.53 Å². The number of carbonyl (C=O) groups is 1. The van der Waals surface area contributed by atoms with Gasteiger partial charge in [-0.2, -0.15) is 0 Å². The van der Waals surface area contributed by atoms with Crippen LogP contribution < -0.4 is 16.0 Å². The molecule has 21 heavy (non-hydrogen) atoms. The molecule has 0 rings (SSSR count). The molecule has 0 aliphatic heterocycles. The van der Waals surface area contributed by atoms with E-state index in [1.807, 2.05) is 13.8 Å². The normalized spacial score (nSPS) is 13.7. The van der Waals surface area contributed by atoms with Crippen molar-refractivity contribution in [2.45, 2.75) is 47.1 Å². The molecule has 3 N–H and O–H groups in total. The highest BCUT2D eigenvalue weighted by molar-refractivity contribution is 5.84. The van der Waals surface area contributed by atoms with Crippen LogP contribution in [0.2, 0.25) is 0 Å². The highest BCUT2D eigenvalue weighted by Crippen LogP contribution is 2.20. The molecule has 0 saturated carbocycles. The summed E-state index contributed by atoms with van der Waals surface area (Å²) in [5.74, 6) is 0.573. The smallest absolute Gasteiger partial charge is 0.241 e. The van der Waals surface area contributed by atoms with Gasteiger partial charge in [-0.3, -0.25) is 4.79 Å². The zero-order chi connectivity index (χ0) is 16.3. The minimum absolute atomic E-state index is 0.0393. The fourth-order valence-electron chi connectivity index (χ4n) is 1.75. The van der Waals surface area contributed by atoms with Crippen LogP contribution in [0.3, 0.4) is 0 Å². The Bertz CT molecular complexity index is 324. The van der Waals surface area contributed by atoms with E-state index in [9.17, 15) is 4.79 Å². The zero-order valence-electron chi connectivity index (χ0n) is 14.4. The molecule has 0 aliphatic rings. The van der Waals surface area contributed by atoms with Crippen LogP contribution in [0.15, 0.2) is 4.99 Å². The second kappa shape index (κ2) is 10.4. The number of hydrogen-bond donors (Lipinski definition) is 3. The lowest BCUT2D eigenvalue weighted by Gasteiger charge is -2.30. The topological polar surface area (TPSA) is 74.8 Å². The number of methoxy groups -OCH3 is 1. The zero-order valence-corrected chi connectivity index (χ0v) is 14.4. The molecule has 0 fully saturated rings. The Morgan fingerprint density at radius 1 is 1.19 bits per heavy atom. The van der Waals surface area contributed by atoms with E-state index in [1.165, 1.54) is 0 Å². The van der Waals surface area contributed by atoms with Crippen molar-refractivity contribution in [3.05, 3.63) is 0 Å². The van der Waals surface area contributed by atoms with Gasteiger partial charge in [0.05, 0.1) is 6.10 Å². The summed E-state index contributed by atoms with van der Waals surface area (Å²) in [5.41, 5.74) is 0.0393. The van der Waals surface area contributed by atoms with Gasteiger partial charge in [-0.25, -0.2) is 4.99 Å². The van der Waals surface area contributed by atoms with E-state index in [0.29, 0.717) is 19.0 Å². The van der Waals surface area contributed by atoms with Crippen molar-refractivity contribution in [3.63, 3.8) is 0 Å². The molecule has 0 radical (unpaired) electrons. The number of amides is 1. The monoisotopic (exact) mass is 300 g/mol. The predicted molar refractivity (Wildman–Crippen MR) is 87.5 cm³/mol. The molecule has 0 aromatic rings. The molecule has 0 aliphatic carbocycles. The molecule has 1 atom stereocenters. The van der Waals surface area contributed by atoms with E-state index in [2.05, 4.69) is 41.7 Å². The van der Waals surface area contributed by atoms with E-state index in [1.54, 1.807) is 7.11 Å². The summed E-state index contributed by atoms with van der Waals surface area (Å²) >= 11 is 0. The van der Waals surface area contributed by atoms with E-state index in [0.717, 1.165) is 13.0 Å². The molecule has 0 aromatic heterocycles. The van der Waals surface area contributed by atoms with Gasteiger partial charge >= 0.3 is 0 Å². The summed E-state index contributed by atoms with van der Waals surface area (Å²) in [4.78, 5) is 15.8. The number of guanidine groups is 1. The fourth-order valence-corrected chi connectivity index (χ4v) is 1.75. The molecule has 6 heteroatoms. The largest absolute Gasteiger partial charge is 0.379 e. The maximum absolute atomic E-state index is 11.6. The number of aliphatic imine (C=N–C) groups is 1. The third kappa shape index (κ3) is 9.28. The summed E-state index contributed by atoms with van der Waals surface area (Å²) in [5, 5.41) is 9.16. The van der Waals surface area contributed by atoms with Crippen molar-refractivity contribution >= 4 is 11.9 Å². The van der Waals surface area contributed by atoms with E-state index >= 15 is 0 Å². The molecule has 1 amide bonds. The Labute approximate surface area is 129 Å². The Balaban J connectivity index is 4.44. The molecule has 0 bridgehead atoms. The second-order valence-electron chi connectivity index (χ2n) is 6.02. The minimum Gasteiger partial charge on any atom is -0.379 e. The standard InChI is InChI=1S/C15H32N4O2/c1-7-9-17-13(20)11-19-14(16-8-2)18-10-12(21-6)15(3,4)5/h12H,7-11H2,1-6H3,(H,17,20)(H2,16,18,19). The molecule has 6 nitrogen and oxygen atoms in total. The van der Waals surface area contributed by atoms with Crippen LogP contribution in [0.1, 0.15) is 41.0 Å². The highest BCUT2D eigenvalue weighted by atomic mass is 16.5. The van der Waals surface area contributed by atoms with Gasteiger partial charge in [-0.1, -0.05) is 27.7 Å². The van der Waals surface area contributed by atoms with E-state index in [4.69, 9.17) is 4.74 Å². The molecule has 0 aromatic carbocycles. The number of rotatable bonds is 8. The number of hydrogen-bond acceptors (Lipinski definition) is 3. The lowest BCUT2D eigenvalue weighted by molar-refractivity contribution is -0.119. The van der Waals surface area contributed by atoms with Crippen LogP contribution in [0.25, 0.3) is 0 Å². The van der Waals surface area contributed by atoms with Crippen LogP contribution >= 0.6 is 0 Å². The third-order valence-electron chi connectivity index (χ3n) is 3.00. The average Bonchev–Trinajstić information content (AvgIpc) is 2.41. The van der Waals surface area contributed by atoms with Crippen molar-refractivity contribution in [1.29, 1.82) is 0 Å². The van der Waals surface area contributed by atoms with Gasteiger partial charge < -0.3 is 20.7 Å². The summed E-state index contributed by atoms with van der Waals surface area (Å²) in [6.45, 7) is 12.6. The molecular formula is C15H32N4O2. The molecule has 0 saturated heterocycles. The first kappa shape index (κ1) is 19.7. The van der Waals surface area contributed by atoms with Crippen molar-refractivity contribution in [3.8, 4) is 0 Å². The Hall–Kier alpha value is -1.30. The maximum atomic E-state index is 11.6. The molecule has 0 spiro atoms. The number of nitrogens with zero attached hydrogens (tertiary/aromatic N) is 1. The van der Waals surface area contributed by atoms with Gasteiger partial charge in [0, 0.05) is 26.7 Å². The Kier molecular flexibility index (Phi) is 9.78. The Morgan fingerprint density at radius 3 is 2.33 bits per heavy atom. The van der Waals surface area contributed by atoms with Gasteiger partial charge in [0.15, 0.2) is 5.96 Å². The van der Waals surface area contributed by atoms with E-state index in [-0.39, 0.29) is 24.0 Å². The van der Waals surface area contributed by atoms with Crippen molar-refractivity contribution in [2.75, 3.05) is 33.3 Å². The predicted octanol–water partition coefficient (Wildman–Crippen LogP) is 1.13. The van der Waals surface area contributed by atoms with Crippen molar-refractivity contribution in [1.82, 2.24) is 16.0 Å². The second-order valence-corrected chi connectivity index (χ2v) is 6.02. The van der Waals surface area contributed by atoms with Crippen LogP contribution in [-0.4, -0.2) is 51.3 Å². The fraction of sp³-hybridized carbons (Fsp3) is 0.867. The number of carbonyl (C=O) groups excluding carboxylic acids is 1. The van der Waals surface area contributed by atoms with Crippen LogP contribution in [-0.2, 0) is 9.53 Å². The molecule has 1 unspecified atom stereocenters. The van der Waals surface area contributed by atoms with Gasteiger partial charge in [0.2, 0.25) is 5.91 Å². The number of ether oxygens (including phenoxy) is 1. The van der Waals surface area contributed by atoms with Gasteiger partial charge in [0.25, 0.3) is 0 Å². The quantitative estimate of drug-likeness (QED) is 0.464. The lowest BCUT2D eigenvalue weighted by atomic mass is 9.89. The first-order chi connectivity index (χ1) is 9.85. The average molecular weight is 300 g/mol. The first-order valence-corrected chi connectivity index (χ1v) is 7.66. The van der Waals surface area contributed by atoms with Gasteiger partial charge in [-0.05, 0) is 18.8 Å². The van der Waals surface area contributed by atoms with Crippen LogP contribution in [0.4, 0.5) is 0 Å². The van der Waals surface area contributed by atoms with Gasteiger partial charge in [0.1, 0.15) is 6.54 Å². The summed E-state index contributed by atoms with van der Waals surface area (Å²) in [7, 11) is 1.71. The number of nitrogens with one attached hydrogen (secondary N) is 3. The first-order valence-electron chi connectivity index (χ1n) is 7.66. The Morgan fingerprint density at radius 2 is 1.86 bits per heavy atom. The van der Waals surface area contributed by atoms with E-state index < -0.39 is 0 Å². The third-order valence-corrected chi connectivity index (χ3v) is 3.00. The summed E-state index contributed by atoms with van der Waals surface area (Å²) < 4.78 is 5.50. The molecular weight excluding hydrogens is 268 g/mol. The summed E-state index contributed by atoms with van der Waals surface area (Å²) in [6, 6.07) is 0. The highest BCUT2D eigenvalue weighted by Gasteiger charge is 2.24. The maximum Gasteiger partial charge on any atom is 0.241 e. The minimum atomic E-state index is -0.0619. The lowest BCUT2D eigenvalue weighted by Crippen LogP contribution is -2.45. The molecule has 124 valence electrons. The SMILES string of the molecule is CCCNC(=O)CN=C(NCC)NCC(OC)C(C)(C)C. The van der Waals surface area contributed by atoms with Gasteiger partial charge in [-0.15, -0.1) is 0 Å². The molecule has 0 heterocycles. The van der Waals surface area contributed by atoms with Crippen LogP contribution in [0.5, 0.6) is 0 Å². The van der Waals surface area contributed by atoms with Crippen molar-refractivity contribution in [2.24, 2.45) is 10.4 Å².